The van der Waals surface area contributed by atoms with Crippen molar-refractivity contribution in [3.63, 3.8) is 0 Å². The van der Waals surface area contributed by atoms with E-state index in [1.165, 1.54) is 37.7 Å². The molecule has 4 nitrogen and oxygen atoms in total. The van der Waals surface area contributed by atoms with Crippen molar-refractivity contribution in [1.29, 1.82) is 0 Å². The first kappa shape index (κ1) is 15.9. The Morgan fingerprint density at radius 1 is 1.17 bits per heavy atom. The van der Waals surface area contributed by atoms with E-state index in [4.69, 9.17) is 0 Å². The molecule has 3 fully saturated rings. The molecule has 2 heterocycles. The second-order valence-electron chi connectivity index (χ2n) is 8.05. The smallest absolute Gasteiger partial charge is 0.315 e. The number of rotatable bonds is 4. The minimum atomic E-state index is 0.0184. The quantitative estimate of drug-likeness (QED) is 0.893. The molecule has 3 aliphatic rings. The highest BCUT2D eigenvalue weighted by atomic mass is 16.2. The maximum Gasteiger partial charge on any atom is 0.315 e. The van der Waals surface area contributed by atoms with Crippen LogP contribution in [0.25, 0.3) is 0 Å². The number of hydrogen-bond donors (Lipinski definition) is 2. The average Bonchev–Trinajstić information content (AvgIpc) is 3.36. The third-order valence-corrected chi connectivity index (χ3v) is 6.50. The van der Waals surface area contributed by atoms with E-state index < -0.39 is 0 Å². The summed E-state index contributed by atoms with van der Waals surface area (Å²) in [6, 6.07) is 12.3. The topological polar surface area (TPSA) is 44.4 Å². The molecule has 4 rings (SSSR count). The summed E-state index contributed by atoms with van der Waals surface area (Å²) >= 11 is 0. The molecule has 1 saturated carbocycles. The van der Waals surface area contributed by atoms with Crippen molar-refractivity contribution in [2.24, 2.45) is 0 Å². The zero-order valence-corrected chi connectivity index (χ0v) is 14.6. The van der Waals surface area contributed by atoms with E-state index in [1.54, 1.807) is 0 Å². The number of carbonyl (C=O) groups is 1. The minimum Gasteiger partial charge on any atom is -0.337 e. The Morgan fingerprint density at radius 2 is 1.83 bits per heavy atom. The molecular weight excluding hydrogens is 298 g/mol. The Bertz CT molecular complexity index is 570. The number of piperidine rings is 2. The molecular formula is C20H29N3O. The fourth-order valence-corrected chi connectivity index (χ4v) is 4.73. The van der Waals surface area contributed by atoms with Gasteiger partial charge >= 0.3 is 6.03 Å². The zero-order valence-electron chi connectivity index (χ0n) is 14.6. The van der Waals surface area contributed by atoms with Gasteiger partial charge in [-0.3, -0.25) is 0 Å². The molecule has 2 N–H and O–H groups in total. The van der Waals surface area contributed by atoms with E-state index in [9.17, 15) is 4.79 Å². The molecule has 1 aromatic rings. The van der Waals surface area contributed by atoms with Crippen LogP contribution in [0.5, 0.6) is 0 Å². The van der Waals surface area contributed by atoms with Gasteiger partial charge in [-0.15, -0.1) is 0 Å². The van der Waals surface area contributed by atoms with E-state index >= 15 is 0 Å². The van der Waals surface area contributed by atoms with Crippen molar-refractivity contribution in [2.45, 2.75) is 68.5 Å². The van der Waals surface area contributed by atoms with Gasteiger partial charge in [0.1, 0.15) is 0 Å². The fourth-order valence-electron chi connectivity index (χ4n) is 4.73. The summed E-state index contributed by atoms with van der Waals surface area (Å²) in [5, 5.41) is 6.39. The molecule has 0 unspecified atom stereocenters. The Morgan fingerprint density at radius 3 is 2.46 bits per heavy atom. The predicted molar refractivity (Wildman–Crippen MR) is 96.1 cm³/mol. The lowest BCUT2D eigenvalue weighted by Crippen LogP contribution is -2.56. The molecule has 24 heavy (non-hydrogen) atoms. The summed E-state index contributed by atoms with van der Waals surface area (Å²) in [6.07, 6.45) is 8.46. The van der Waals surface area contributed by atoms with Crippen LogP contribution in [-0.4, -0.2) is 42.6 Å². The molecule has 4 heteroatoms. The van der Waals surface area contributed by atoms with Crippen LogP contribution >= 0.6 is 0 Å². The largest absolute Gasteiger partial charge is 0.337 e. The molecule has 2 amide bonds. The number of benzene rings is 1. The van der Waals surface area contributed by atoms with E-state index in [0.717, 1.165) is 19.4 Å². The molecule has 0 radical (unpaired) electrons. The molecule has 1 aliphatic carbocycles. The first-order valence-electron chi connectivity index (χ1n) is 9.48. The molecule has 130 valence electrons. The number of amides is 2. The highest BCUT2D eigenvalue weighted by Gasteiger charge is 2.44. The molecule has 0 aromatic heterocycles. The maximum atomic E-state index is 12.4. The molecule has 1 aromatic carbocycles. The van der Waals surface area contributed by atoms with Crippen molar-refractivity contribution >= 4 is 6.03 Å². The van der Waals surface area contributed by atoms with Gasteiger partial charge in [0.25, 0.3) is 0 Å². The van der Waals surface area contributed by atoms with Crippen molar-refractivity contribution in [3.05, 3.63) is 35.9 Å². The highest BCUT2D eigenvalue weighted by molar-refractivity contribution is 5.74. The van der Waals surface area contributed by atoms with Crippen molar-refractivity contribution < 1.29 is 4.79 Å². The molecule has 2 atom stereocenters. The van der Waals surface area contributed by atoms with Gasteiger partial charge in [0.2, 0.25) is 0 Å². The third kappa shape index (κ3) is 3.16. The summed E-state index contributed by atoms with van der Waals surface area (Å²) in [5.74, 6) is 0. The lowest BCUT2D eigenvalue weighted by molar-refractivity contribution is 0.0509. The lowest BCUT2D eigenvalue weighted by Gasteiger charge is -2.47. The van der Waals surface area contributed by atoms with E-state index in [2.05, 4.69) is 52.9 Å². The Hall–Kier alpha value is -1.55. The van der Waals surface area contributed by atoms with Gasteiger partial charge in [-0.05, 0) is 51.1 Å². The van der Waals surface area contributed by atoms with E-state index in [1.807, 2.05) is 0 Å². The first-order chi connectivity index (χ1) is 11.7. The summed E-state index contributed by atoms with van der Waals surface area (Å²) in [6.45, 7) is 0.752. The lowest BCUT2D eigenvalue weighted by atomic mass is 9.82. The van der Waals surface area contributed by atoms with Crippen LogP contribution in [0.2, 0.25) is 0 Å². The summed E-state index contributed by atoms with van der Waals surface area (Å²) in [4.78, 5) is 14.9. The standard InChI is InChI=1S/C20H29N3O/c1-23-17-8-5-9-18(23)13-16(12-17)22-19(24)21-14-20(10-11-20)15-6-3-2-4-7-15/h2-4,6-7,16-18H,5,8-14H2,1H3,(H2,21,22,24)/t17-,18-/m0/s1. The normalized spacial score (nSPS) is 31.3. The number of hydrogen-bond acceptors (Lipinski definition) is 2. The van der Waals surface area contributed by atoms with Crippen LogP contribution in [0.4, 0.5) is 4.79 Å². The highest BCUT2D eigenvalue weighted by Crippen LogP contribution is 2.47. The summed E-state index contributed by atoms with van der Waals surface area (Å²) in [5.41, 5.74) is 1.54. The summed E-state index contributed by atoms with van der Waals surface area (Å²) in [7, 11) is 2.25. The van der Waals surface area contributed by atoms with Gasteiger partial charge < -0.3 is 15.5 Å². The van der Waals surface area contributed by atoms with Crippen LogP contribution in [0.3, 0.4) is 0 Å². The predicted octanol–water partition coefficient (Wildman–Crippen LogP) is 3.03. The van der Waals surface area contributed by atoms with E-state index in [-0.39, 0.29) is 11.4 Å². The van der Waals surface area contributed by atoms with Crippen LogP contribution < -0.4 is 10.6 Å². The zero-order chi connectivity index (χ0) is 16.6. The third-order valence-electron chi connectivity index (χ3n) is 6.50. The van der Waals surface area contributed by atoms with Crippen LogP contribution in [-0.2, 0) is 5.41 Å². The van der Waals surface area contributed by atoms with Gasteiger partial charge in [0.05, 0.1) is 0 Å². The number of nitrogens with zero attached hydrogens (tertiary/aromatic N) is 1. The number of fused-ring (bicyclic) bond motifs is 2. The first-order valence-corrected chi connectivity index (χ1v) is 9.48. The van der Waals surface area contributed by atoms with Gasteiger partial charge in [-0.1, -0.05) is 36.8 Å². The van der Waals surface area contributed by atoms with Gasteiger partial charge in [0.15, 0.2) is 0 Å². The molecule has 0 spiro atoms. The van der Waals surface area contributed by atoms with Gasteiger partial charge in [-0.2, -0.15) is 0 Å². The number of urea groups is 1. The van der Waals surface area contributed by atoms with Crippen molar-refractivity contribution in [1.82, 2.24) is 15.5 Å². The second-order valence-corrected chi connectivity index (χ2v) is 8.05. The Balaban J connectivity index is 1.29. The van der Waals surface area contributed by atoms with Gasteiger partial charge in [0, 0.05) is 30.1 Å². The van der Waals surface area contributed by atoms with Crippen LogP contribution in [0.15, 0.2) is 30.3 Å². The monoisotopic (exact) mass is 327 g/mol. The van der Waals surface area contributed by atoms with Crippen LogP contribution in [0.1, 0.15) is 50.5 Å². The van der Waals surface area contributed by atoms with E-state index in [0.29, 0.717) is 18.1 Å². The average molecular weight is 327 g/mol. The number of carbonyl (C=O) groups excluding carboxylic acids is 1. The molecule has 2 aliphatic heterocycles. The second kappa shape index (κ2) is 6.40. The fraction of sp³-hybridized carbons (Fsp3) is 0.650. The SMILES string of the molecule is CN1[C@H]2CCC[C@H]1CC(NC(=O)NCC1(c3ccccc3)CC1)C2. The summed E-state index contributed by atoms with van der Waals surface area (Å²) < 4.78 is 0. The molecule has 2 bridgehead atoms. The minimum absolute atomic E-state index is 0.0184. The molecule has 2 saturated heterocycles. The number of nitrogens with one attached hydrogen (secondary N) is 2. The van der Waals surface area contributed by atoms with Crippen molar-refractivity contribution in [2.75, 3.05) is 13.6 Å². The van der Waals surface area contributed by atoms with Gasteiger partial charge in [-0.25, -0.2) is 4.79 Å². The maximum absolute atomic E-state index is 12.4. The van der Waals surface area contributed by atoms with Crippen molar-refractivity contribution in [3.8, 4) is 0 Å². The Labute approximate surface area is 145 Å². The van der Waals surface area contributed by atoms with Crippen LogP contribution in [0, 0.1) is 0 Å². The Kier molecular flexibility index (Phi) is 4.25.